The maximum absolute atomic E-state index is 12.3. The number of ether oxygens (including phenoxy) is 1. The Hall–Kier alpha value is -3.13. The fourth-order valence-corrected chi connectivity index (χ4v) is 2.65. The average Bonchev–Trinajstić information content (AvgIpc) is 2.68. The molecule has 148 valence electrons. The lowest BCUT2D eigenvalue weighted by Gasteiger charge is -2.18. The Bertz CT molecular complexity index is 866. The molecule has 8 nitrogen and oxygen atoms in total. The number of hydrogen-bond donors (Lipinski definition) is 1. The number of benzene rings is 2. The monoisotopic (exact) mass is 405 g/mol. The minimum atomic E-state index is -0.634. The number of nitrogens with one attached hydrogen (secondary N) is 1. The normalized spacial score (nSPS) is 10.2. The van der Waals surface area contributed by atoms with Crippen LogP contribution in [0, 0.1) is 10.1 Å². The smallest absolute Gasteiger partial charge is 0.312 e. The van der Waals surface area contributed by atoms with Gasteiger partial charge in [0, 0.05) is 35.4 Å². The average molecular weight is 406 g/mol. The minimum Gasteiger partial charge on any atom is -0.477 e. The number of rotatable bonds is 8. The molecule has 2 amide bonds. The Morgan fingerprint density at radius 3 is 2.36 bits per heavy atom. The summed E-state index contributed by atoms with van der Waals surface area (Å²) in [5.74, 6) is -0.627. The molecule has 0 unspecified atom stereocenters. The van der Waals surface area contributed by atoms with E-state index < -0.39 is 17.4 Å². The molecule has 2 aromatic carbocycles. The van der Waals surface area contributed by atoms with Crippen LogP contribution in [0.5, 0.6) is 5.75 Å². The summed E-state index contributed by atoms with van der Waals surface area (Å²) in [6, 6.07) is 10.4. The summed E-state index contributed by atoms with van der Waals surface area (Å²) in [6.45, 7) is 4.62. The first-order valence-electron chi connectivity index (χ1n) is 8.61. The number of hydrogen-bond acceptors (Lipinski definition) is 5. The van der Waals surface area contributed by atoms with Crippen LogP contribution in [-0.4, -0.2) is 41.3 Å². The van der Waals surface area contributed by atoms with Crippen LogP contribution in [0.25, 0.3) is 0 Å². The maximum Gasteiger partial charge on any atom is 0.312 e. The summed E-state index contributed by atoms with van der Waals surface area (Å²) >= 11 is 5.74. The van der Waals surface area contributed by atoms with Gasteiger partial charge in [-0.25, -0.2) is 0 Å². The van der Waals surface area contributed by atoms with Crippen molar-refractivity contribution < 1.29 is 19.2 Å². The molecule has 1 N–H and O–H groups in total. The summed E-state index contributed by atoms with van der Waals surface area (Å²) in [4.78, 5) is 36.4. The van der Waals surface area contributed by atoms with Gasteiger partial charge in [0.15, 0.2) is 12.4 Å². The molecule has 0 atom stereocenters. The third kappa shape index (κ3) is 5.43. The fraction of sp³-hybridized carbons (Fsp3) is 0.263. The van der Waals surface area contributed by atoms with Crippen molar-refractivity contribution in [1.82, 2.24) is 4.90 Å². The highest BCUT2D eigenvalue weighted by Gasteiger charge is 2.17. The molecule has 28 heavy (non-hydrogen) atoms. The van der Waals surface area contributed by atoms with E-state index in [2.05, 4.69) is 5.32 Å². The Balaban J connectivity index is 1.97. The van der Waals surface area contributed by atoms with E-state index in [0.29, 0.717) is 24.3 Å². The van der Waals surface area contributed by atoms with Crippen LogP contribution in [0.15, 0.2) is 42.5 Å². The van der Waals surface area contributed by atoms with Gasteiger partial charge in [0.05, 0.1) is 4.92 Å². The molecule has 0 aliphatic carbocycles. The van der Waals surface area contributed by atoms with Crippen LogP contribution in [0.1, 0.15) is 24.2 Å². The second-order valence-electron chi connectivity index (χ2n) is 5.76. The second-order valence-corrected chi connectivity index (χ2v) is 6.20. The van der Waals surface area contributed by atoms with E-state index in [1.807, 2.05) is 13.8 Å². The van der Waals surface area contributed by atoms with Crippen molar-refractivity contribution in [2.75, 3.05) is 25.0 Å². The molecule has 0 aromatic heterocycles. The zero-order valence-corrected chi connectivity index (χ0v) is 16.2. The number of carbonyl (C=O) groups excluding carboxylic acids is 2. The topological polar surface area (TPSA) is 102 Å². The molecular weight excluding hydrogens is 386 g/mol. The van der Waals surface area contributed by atoms with E-state index in [9.17, 15) is 19.7 Å². The molecule has 9 heteroatoms. The Morgan fingerprint density at radius 2 is 1.79 bits per heavy atom. The number of nitro benzene ring substituents is 1. The second kappa shape index (κ2) is 9.70. The molecule has 0 spiro atoms. The highest BCUT2D eigenvalue weighted by atomic mass is 35.5. The Morgan fingerprint density at radius 1 is 1.14 bits per heavy atom. The summed E-state index contributed by atoms with van der Waals surface area (Å²) in [6.07, 6.45) is 0. The van der Waals surface area contributed by atoms with Crippen LogP contribution in [-0.2, 0) is 4.79 Å². The van der Waals surface area contributed by atoms with E-state index in [0.717, 1.165) is 6.07 Å². The van der Waals surface area contributed by atoms with Gasteiger partial charge in [-0.2, -0.15) is 0 Å². The van der Waals surface area contributed by atoms with Gasteiger partial charge in [0.1, 0.15) is 0 Å². The standard InChI is InChI=1S/C19H20ClN3O5/c1-3-22(4-2)19(25)13-5-8-15(9-6-13)21-18(24)12-28-17-10-7-14(20)11-16(17)23(26)27/h5-11H,3-4,12H2,1-2H3,(H,21,24). The van der Waals surface area contributed by atoms with E-state index in [-0.39, 0.29) is 22.4 Å². The number of anilines is 1. The Labute approximate surface area is 167 Å². The first-order chi connectivity index (χ1) is 13.3. The molecule has 0 aliphatic heterocycles. The van der Waals surface area contributed by atoms with Crippen LogP contribution >= 0.6 is 11.6 Å². The summed E-state index contributed by atoms with van der Waals surface area (Å²) in [7, 11) is 0. The van der Waals surface area contributed by atoms with E-state index in [1.165, 1.54) is 12.1 Å². The van der Waals surface area contributed by atoms with Crippen LogP contribution < -0.4 is 10.1 Å². The highest BCUT2D eigenvalue weighted by Crippen LogP contribution is 2.29. The fourth-order valence-electron chi connectivity index (χ4n) is 2.49. The van der Waals surface area contributed by atoms with E-state index in [1.54, 1.807) is 29.2 Å². The SMILES string of the molecule is CCN(CC)C(=O)c1ccc(NC(=O)COc2ccc(Cl)cc2[N+](=O)[O-])cc1. The molecule has 2 aromatic rings. The van der Waals surface area contributed by atoms with Crippen LogP contribution in [0.4, 0.5) is 11.4 Å². The van der Waals surface area contributed by atoms with Crippen LogP contribution in [0.3, 0.4) is 0 Å². The van der Waals surface area contributed by atoms with Gasteiger partial charge in [0.25, 0.3) is 11.8 Å². The molecule has 0 bridgehead atoms. The quantitative estimate of drug-likeness (QED) is 0.532. The van der Waals surface area contributed by atoms with Gasteiger partial charge in [-0.05, 0) is 50.2 Å². The van der Waals surface area contributed by atoms with Crippen molar-refractivity contribution in [3.05, 3.63) is 63.2 Å². The van der Waals surface area contributed by atoms with Crippen LogP contribution in [0.2, 0.25) is 5.02 Å². The van der Waals surface area contributed by atoms with Crippen molar-refractivity contribution in [3.8, 4) is 5.75 Å². The number of amides is 2. The van der Waals surface area contributed by atoms with Gasteiger partial charge < -0.3 is 15.0 Å². The number of carbonyl (C=O) groups is 2. The first-order valence-corrected chi connectivity index (χ1v) is 8.99. The lowest BCUT2D eigenvalue weighted by atomic mass is 10.2. The summed E-state index contributed by atoms with van der Waals surface area (Å²) in [5.41, 5.74) is 0.685. The van der Waals surface area contributed by atoms with Crippen molar-refractivity contribution in [2.24, 2.45) is 0 Å². The largest absolute Gasteiger partial charge is 0.477 e. The van der Waals surface area contributed by atoms with Gasteiger partial charge >= 0.3 is 5.69 Å². The third-order valence-electron chi connectivity index (χ3n) is 3.94. The molecular formula is C19H20ClN3O5. The maximum atomic E-state index is 12.3. The third-order valence-corrected chi connectivity index (χ3v) is 4.18. The lowest BCUT2D eigenvalue weighted by Crippen LogP contribution is -2.30. The number of nitro groups is 1. The molecule has 0 fully saturated rings. The van der Waals surface area contributed by atoms with Crippen molar-refractivity contribution in [1.29, 1.82) is 0 Å². The molecule has 0 radical (unpaired) electrons. The van der Waals surface area contributed by atoms with E-state index >= 15 is 0 Å². The number of halogens is 1. The predicted molar refractivity (Wildman–Crippen MR) is 106 cm³/mol. The minimum absolute atomic E-state index is 0.0512. The zero-order valence-electron chi connectivity index (χ0n) is 15.5. The zero-order chi connectivity index (χ0) is 20.7. The summed E-state index contributed by atoms with van der Waals surface area (Å²) in [5, 5.41) is 13.8. The molecule has 0 saturated carbocycles. The first kappa shape index (κ1) is 21.2. The molecule has 0 heterocycles. The van der Waals surface area contributed by atoms with Gasteiger partial charge in [-0.3, -0.25) is 19.7 Å². The predicted octanol–water partition coefficient (Wildman–Crippen LogP) is 3.75. The highest BCUT2D eigenvalue weighted by molar-refractivity contribution is 6.30. The van der Waals surface area contributed by atoms with Crippen molar-refractivity contribution in [2.45, 2.75) is 13.8 Å². The number of nitrogens with zero attached hydrogens (tertiary/aromatic N) is 2. The molecule has 0 saturated heterocycles. The van der Waals surface area contributed by atoms with Gasteiger partial charge in [0.2, 0.25) is 0 Å². The van der Waals surface area contributed by atoms with Crippen molar-refractivity contribution >= 4 is 34.8 Å². The van der Waals surface area contributed by atoms with Gasteiger partial charge in [-0.15, -0.1) is 0 Å². The lowest BCUT2D eigenvalue weighted by molar-refractivity contribution is -0.385. The summed E-state index contributed by atoms with van der Waals surface area (Å²) < 4.78 is 5.24. The van der Waals surface area contributed by atoms with E-state index in [4.69, 9.17) is 16.3 Å². The Kier molecular flexibility index (Phi) is 7.34. The van der Waals surface area contributed by atoms with Gasteiger partial charge in [-0.1, -0.05) is 11.6 Å². The molecule has 0 aliphatic rings. The molecule has 2 rings (SSSR count). The van der Waals surface area contributed by atoms with Crippen molar-refractivity contribution in [3.63, 3.8) is 0 Å².